The van der Waals surface area contributed by atoms with Crippen molar-refractivity contribution in [1.82, 2.24) is 4.57 Å². The number of carbonyl (C=O) groups excluding carboxylic acids is 1. The van der Waals surface area contributed by atoms with Gasteiger partial charge in [0.05, 0.1) is 16.0 Å². The fourth-order valence-electron chi connectivity index (χ4n) is 2.13. The zero-order valence-electron chi connectivity index (χ0n) is 9.75. The monoisotopic (exact) mass is 257 g/mol. The molecule has 0 aliphatic carbocycles. The predicted octanol–water partition coefficient (Wildman–Crippen LogP) is 3.18. The van der Waals surface area contributed by atoms with E-state index in [4.69, 9.17) is 0 Å². The molecule has 0 saturated heterocycles. The van der Waals surface area contributed by atoms with Crippen LogP contribution in [0.15, 0.2) is 41.8 Å². The molecule has 0 radical (unpaired) electrons. The molecule has 0 amide bonds. The molecule has 1 aromatic carbocycles. The molecule has 0 atom stereocenters. The molecular weight excluding hydrogens is 246 g/mol. The lowest BCUT2D eigenvalue weighted by Crippen LogP contribution is -1.98. The van der Waals surface area contributed by atoms with Gasteiger partial charge in [-0.05, 0) is 17.5 Å². The lowest BCUT2D eigenvalue weighted by atomic mass is 10.1. The van der Waals surface area contributed by atoms with E-state index in [1.807, 2.05) is 35.7 Å². The van der Waals surface area contributed by atoms with Gasteiger partial charge in [0.15, 0.2) is 0 Å². The van der Waals surface area contributed by atoms with Crippen molar-refractivity contribution in [1.29, 1.82) is 0 Å². The van der Waals surface area contributed by atoms with Crippen LogP contribution in [0.2, 0.25) is 0 Å². The molecule has 3 nitrogen and oxygen atoms in total. The highest BCUT2D eigenvalue weighted by Crippen LogP contribution is 2.32. The van der Waals surface area contributed by atoms with Gasteiger partial charge in [0.25, 0.3) is 0 Å². The standard InChI is InChI=1S/C14H11NO2S/c1-15-10-6-3-2-5-9(10)12(14(15)17)13(16)11-7-4-8-18-11/h2-8,17H,1H3. The van der Waals surface area contributed by atoms with Crippen molar-refractivity contribution in [2.75, 3.05) is 0 Å². The zero-order chi connectivity index (χ0) is 12.7. The Balaban J connectivity index is 2.30. The summed E-state index contributed by atoms with van der Waals surface area (Å²) in [5, 5.41) is 12.8. The molecule has 0 saturated carbocycles. The molecule has 0 bridgehead atoms. The summed E-state index contributed by atoms with van der Waals surface area (Å²) in [6, 6.07) is 11.1. The Labute approximate surface area is 108 Å². The van der Waals surface area contributed by atoms with E-state index in [0.717, 1.165) is 10.9 Å². The lowest BCUT2D eigenvalue weighted by molar-refractivity contribution is 0.104. The third kappa shape index (κ3) is 1.46. The van der Waals surface area contributed by atoms with E-state index in [1.54, 1.807) is 17.7 Å². The van der Waals surface area contributed by atoms with Crippen LogP contribution in [0.25, 0.3) is 10.9 Å². The minimum atomic E-state index is -0.126. The van der Waals surface area contributed by atoms with E-state index < -0.39 is 0 Å². The summed E-state index contributed by atoms with van der Waals surface area (Å²) < 4.78 is 1.64. The van der Waals surface area contributed by atoms with Gasteiger partial charge in [0.1, 0.15) is 0 Å². The molecule has 3 rings (SSSR count). The number of carbonyl (C=O) groups is 1. The van der Waals surface area contributed by atoms with Crippen LogP contribution in [-0.2, 0) is 7.05 Å². The Bertz CT molecular complexity index is 726. The van der Waals surface area contributed by atoms with E-state index in [-0.39, 0.29) is 11.7 Å². The molecule has 0 spiro atoms. The molecule has 90 valence electrons. The van der Waals surface area contributed by atoms with Crippen LogP contribution in [0.1, 0.15) is 15.2 Å². The van der Waals surface area contributed by atoms with E-state index in [2.05, 4.69) is 0 Å². The van der Waals surface area contributed by atoms with Gasteiger partial charge >= 0.3 is 0 Å². The normalized spacial score (nSPS) is 10.9. The van der Waals surface area contributed by atoms with E-state index in [0.29, 0.717) is 10.4 Å². The second-order valence-electron chi connectivity index (χ2n) is 4.08. The van der Waals surface area contributed by atoms with Crippen molar-refractivity contribution in [2.24, 2.45) is 7.05 Å². The Morgan fingerprint density at radius 1 is 1.22 bits per heavy atom. The summed E-state index contributed by atoms with van der Waals surface area (Å²) in [5.74, 6) is -0.103. The molecule has 0 aliphatic rings. The first-order valence-electron chi connectivity index (χ1n) is 5.54. The summed E-state index contributed by atoms with van der Waals surface area (Å²) in [4.78, 5) is 13.0. The summed E-state index contributed by atoms with van der Waals surface area (Å²) in [6.45, 7) is 0. The Hall–Kier alpha value is -2.07. The Morgan fingerprint density at radius 2 is 2.00 bits per heavy atom. The van der Waals surface area contributed by atoms with Crippen LogP contribution in [0, 0.1) is 0 Å². The smallest absolute Gasteiger partial charge is 0.208 e. The molecule has 2 aromatic heterocycles. The van der Waals surface area contributed by atoms with Gasteiger partial charge in [-0.2, -0.15) is 0 Å². The molecule has 1 N–H and O–H groups in total. The van der Waals surface area contributed by atoms with Crippen molar-refractivity contribution in [3.05, 3.63) is 52.2 Å². The number of aryl methyl sites for hydroxylation is 1. The summed E-state index contributed by atoms with van der Waals surface area (Å²) >= 11 is 1.38. The van der Waals surface area contributed by atoms with Crippen LogP contribution in [0.3, 0.4) is 0 Å². The van der Waals surface area contributed by atoms with Crippen LogP contribution in [0.4, 0.5) is 0 Å². The molecule has 0 aliphatic heterocycles. The minimum absolute atomic E-state index is 0.0228. The van der Waals surface area contributed by atoms with Gasteiger partial charge in [0, 0.05) is 12.4 Å². The van der Waals surface area contributed by atoms with Gasteiger partial charge < -0.3 is 9.67 Å². The van der Waals surface area contributed by atoms with Gasteiger partial charge in [-0.25, -0.2) is 0 Å². The average Bonchev–Trinajstić information content (AvgIpc) is 2.99. The summed E-state index contributed by atoms with van der Waals surface area (Å²) in [5.41, 5.74) is 1.24. The van der Waals surface area contributed by atoms with E-state index in [9.17, 15) is 9.90 Å². The van der Waals surface area contributed by atoms with Crippen LogP contribution < -0.4 is 0 Å². The summed E-state index contributed by atoms with van der Waals surface area (Å²) in [7, 11) is 1.75. The quantitative estimate of drug-likeness (QED) is 0.716. The average molecular weight is 257 g/mol. The Kier molecular flexibility index (Phi) is 2.45. The lowest BCUT2D eigenvalue weighted by Gasteiger charge is -1.98. The van der Waals surface area contributed by atoms with Crippen molar-refractivity contribution >= 4 is 28.0 Å². The number of ketones is 1. The van der Waals surface area contributed by atoms with Gasteiger partial charge in [-0.3, -0.25) is 4.79 Å². The first kappa shape index (κ1) is 11.0. The number of rotatable bonds is 2. The highest BCUT2D eigenvalue weighted by molar-refractivity contribution is 7.12. The van der Waals surface area contributed by atoms with Crippen LogP contribution in [-0.4, -0.2) is 15.5 Å². The highest BCUT2D eigenvalue weighted by Gasteiger charge is 2.22. The van der Waals surface area contributed by atoms with E-state index >= 15 is 0 Å². The number of aromatic hydroxyl groups is 1. The van der Waals surface area contributed by atoms with Crippen molar-refractivity contribution in [3.8, 4) is 5.88 Å². The topological polar surface area (TPSA) is 42.2 Å². The maximum Gasteiger partial charge on any atom is 0.208 e. The molecule has 18 heavy (non-hydrogen) atoms. The molecule has 0 fully saturated rings. The number of nitrogens with zero attached hydrogens (tertiary/aromatic N) is 1. The maximum absolute atomic E-state index is 12.4. The van der Waals surface area contributed by atoms with E-state index in [1.165, 1.54) is 11.3 Å². The van der Waals surface area contributed by atoms with Gasteiger partial charge in [0.2, 0.25) is 11.7 Å². The molecule has 0 unspecified atom stereocenters. The molecular formula is C14H11NO2S. The van der Waals surface area contributed by atoms with Crippen LogP contribution in [0.5, 0.6) is 5.88 Å². The fourth-order valence-corrected chi connectivity index (χ4v) is 2.80. The zero-order valence-corrected chi connectivity index (χ0v) is 10.6. The minimum Gasteiger partial charge on any atom is -0.494 e. The number of thiophene rings is 1. The van der Waals surface area contributed by atoms with Crippen LogP contribution >= 0.6 is 11.3 Å². The number of hydrogen-bond acceptors (Lipinski definition) is 3. The molecule has 4 heteroatoms. The molecule has 3 aromatic rings. The summed E-state index contributed by atoms with van der Waals surface area (Å²) in [6.07, 6.45) is 0. The van der Waals surface area contributed by atoms with Crippen molar-refractivity contribution in [3.63, 3.8) is 0 Å². The number of aromatic nitrogens is 1. The fraction of sp³-hybridized carbons (Fsp3) is 0.0714. The number of fused-ring (bicyclic) bond motifs is 1. The number of para-hydroxylation sites is 1. The van der Waals surface area contributed by atoms with Gasteiger partial charge in [-0.15, -0.1) is 11.3 Å². The maximum atomic E-state index is 12.4. The number of benzene rings is 1. The SMILES string of the molecule is Cn1c(O)c(C(=O)c2cccs2)c2ccccc21. The molecule has 2 heterocycles. The van der Waals surface area contributed by atoms with Crippen molar-refractivity contribution in [2.45, 2.75) is 0 Å². The first-order chi connectivity index (χ1) is 8.70. The first-order valence-corrected chi connectivity index (χ1v) is 6.42. The third-order valence-electron chi connectivity index (χ3n) is 3.05. The van der Waals surface area contributed by atoms with Gasteiger partial charge in [-0.1, -0.05) is 24.3 Å². The second kappa shape index (κ2) is 3.99. The highest BCUT2D eigenvalue weighted by atomic mass is 32.1. The largest absolute Gasteiger partial charge is 0.494 e. The number of hydrogen-bond donors (Lipinski definition) is 1. The van der Waals surface area contributed by atoms with Crippen molar-refractivity contribution < 1.29 is 9.90 Å². The second-order valence-corrected chi connectivity index (χ2v) is 5.03. The predicted molar refractivity (Wildman–Crippen MR) is 72.3 cm³/mol. The third-order valence-corrected chi connectivity index (χ3v) is 3.92. The Morgan fingerprint density at radius 3 is 2.72 bits per heavy atom.